The molecule has 0 amide bonds. The number of hydrogen-bond donors (Lipinski definition) is 2. The number of hydrogen-bond acceptors (Lipinski definition) is 8. The average Bonchev–Trinajstić information content (AvgIpc) is 3.28. The van der Waals surface area contributed by atoms with Crippen LogP contribution in [0.25, 0.3) is 10.2 Å². The predicted octanol–water partition coefficient (Wildman–Crippen LogP) is 3.41. The first kappa shape index (κ1) is 25.0. The highest BCUT2D eigenvalue weighted by Crippen LogP contribution is 2.31. The van der Waals surface area contributed by atoms with Gasteiger partial charge in [-0.15, -0.1) is 11.3 Å². The van der Waals surface area contributed by atoms with E-state index in [4.69, 9.17) is 10.7 Å². The van der Waals surface area contributed by atoms with E-state index in [1.165, 1.54) is 0 Å². The Balaban J connectivity index is 1.63. The van der Waals surface area contributed by atoms with Crippen LogP contribution in [0.1, 0.15) is 29.5 Å². The van der Waals surface area contributed by atoms with Crippen LogP contribution in [0.15, 0.2) is 63.6 Å². The van der Waals surface area contributed by atoms with Crippen molar-refractivity contribution in [2.45, 2.75) is 37.2 Å². The summed E-state index contributed by atoms with van der Waals surface area (Å²) in [6.45, 7) is 3.23. The van der Waals surface area contributed by atoms with Crippen molar-refractivity contribution in [3.63, 3.8) is 0 Å². The number of nitrogens with two attached hydrogens (primary N) is 1. The first-order valence-electron chi connectivity index (χ1n) is 11.9. The molecular weight excluding hydrogens is 508 g/mol. The second kappa shape index (κ2) is 9.97. The van der Waals surface area contributed by atoms with Gasteiger partial charge < -0.3 is 10.6 Å². The van der Waals surface area contributed by atoms with Gasteiger partial charge in [-0.25, -0.2) is 13.4 Å². The number of fused-ring (bicyclic) bond motifs is 1. The molecule has 4 aromatic rings. The molecule has 37 heavy (non-hydrogen) atoms. The quantitative estimate of drug-likeness (QED) is 0.387. The fourth-order valence-corrected chi connectivity index (χ4v) is 6.51. The highest BCUT2D eigenvalue weighted by atomic mass is 32.2. The average molecular weight is 535 g/mol. The van der Waals surface area contributed by atoms with Gasteiger partial charge in [-0.1, -0.05) is 35.9 Å². The third kappa shape index (κ3) is 4.96. The monoisotopic (exact) mass is 534 g/mol. The molecule has 3 N–H and O–H groups in total. The summed E-state index contributed by atoms with van der Waals surface area (Å²) in [5, 5.41) is 11.2. The van der Waals surface area contributed by atoms with E-state index in [1.54, 1.807) is 46.3 Å². The fourth-order valence-electron chi connectivity index (χ4n) is 4.49. The Morgan fingerprint density at radius 3 is 2.70 bits per heavy atom. The summed E-state index contributed by atoms with van der Waals surface area (Å²) in [4.78, 5) is 20.7. The number of anilines is 2. The number of nitrogens with zero attached hydrogens (tertiary/aromatic N) is 4. The van der Waals surface area contributed by atoms with Gasteiger partial charge >= 0.3 is 0 Å². The van der Waals surface area contributed by atoms with E-state index in [1.807, 2.05) is 24.0 Å². The topological polar surface area (TPSA) is 134 Å². The Bertz CT molecular complexity index is 1670. The van der Waals surface area contributed by atoms with Crippen molar-refractivity contribution in [1.29, 1.82) is 5.26 Å². The van der Waals surface area contributed by atoms with Crippen LogP contribution in [0.3, 0.4) is 0 Å². The largest absolute Gasteiger partial charge is 0.341 e. The Hall–Kier alpha value is -3.72. The zero-order valence-corrected chi connectivity index (χ0v) is 21.8. The molecule has 2 aromatic heterocycles. The van der Waals surface area contributed by atoms with Crippen molar-refractivity contribution < 1.29 is 8.42 Å². The number of piperidine rings is 1. The van der Waals surface area contributed by atoms with Crippen molar-refractivity contribution in [2.75, 3.05) is 22.7 Å². The first-order valence-corrected chi connectivity index (χ1v) is 14.2. The van der Waals surface area contributed by atoms with E-state index < -0.39 is 10.0 Å². The molecule has 1 unspecified atom stereocenters. The van der Waals surface area contributed by atoms with Crippen LogP contribution >= 0.6 is 11.3 Å². The Morgan fingerprint density at radius 1 is 1.22 bits per heavy atom. The van der Waals surface area contributed by atoms with Gasteiger partial charge in [0.1, 0.15) is 10.2 Å². The molecule has 190 valence electrons. The van der Waals surface area contributed by atoms with E-state index in [-0.39, 0.29) is 28.7 Å². The fraction of sp³-hybridized carbons (Fsp3) is 0.269. The van der Waals surface area contributed by atoms with Crippen LogP contribution in [0.4, 0.5) is 11.6 Å². The Kier molecular flexibility index (Phi) is 6.72. The van der Waals surface area contributed by atoms with Crippen molar-refractivity contribution in [3.05, 3.63) is 81.0 Å². The van der Waals surface area contributed by atoms with Gasteiger partial charge in [-0.2, -0.15) is 5.26 Å². The van der Waals surface area contributed by atoms with Crippen LogP contribution in [0.2, 0.25) is 0 Å². The molecular formula is C26H26N6O3S2. The maximum atomic E-state index is 13.8. The zero-order chi connectivity index (χ0) is 26.2. The second-order valence-electron chi connectivity index (χ2n) is 9.17. The van der Waals surface area contributed by atoms with Gasteiger partial charge in [0.05, 0.1) is 28.8 Å². The Labute approximate surface area is 218 Å². The summed E-state index contributed by atoms with van der Waals surface area (Å²) in [7, 11) is -3.88. The number of nitrogens with one attached hydrogen (secondary N) is 1. The summed E-state index contributed by atoms with van der Waals surface area (Å²) in [5.41, 5.74) is 8.63. The number of benzene rings is 2. The lowest BCUT2D eigenvalue weighted by atomic mass is 10.1. The smallest absolute Gasteiger partial charge is 0.273 e. The Morgan fingerprint density at radius 2 is 1.97 bits per heavy atom. The molecule has 2 aromatic carbocycles. The summed E-state index contributed by atoms with van der Waals surface area (Å²) >= 11 is 1.14. The normalized spacial score (nSPS) is 16.0. The predicted molar refractivity (Wildman–Crippen MR) is 146 cm³/mol. The SMILES string of the molecule is Cc1ccc(S(=O)(=O)Nc2csc3c(=O)n(Cc4ccccc4C#N)c(N4CCCC(N)C4)nc23)cc1. The van der Waals surface area contributed by atoms with E-state index in [2.05, 4.69) is 10.8 Å². The standard InChI is InChI=1S/C26H26N6O3S2/c1-17-8-10-21(11-9-17)37(34,35)30-22-16-36-24-23(22)29-26(31-12-4-7-20(28)15-31)32(25(24)33)14-19-6-3-2-5-18(19)13-27/h2-3,5-6,8-11,16,20,30H,4,7,12,14-15,28H2,1H3. The lowest BCUT2D eigenvalue weighted by Crippen LogP contribution is -2.45. The molecule has 5 rings (SSSR count). The summed E-state index contributed by atoms with van der Waals surface area (Å²) in [6.07, 6.45) is 1.72. The molecule has 1 saturated heterocycles. The van der Waals surface area contributed by atoms with Crippen LogP contribution in [0.5, 0.6) is 0 Å². The van der Waals surface area contributed by atoms with E-state index in [0.717, 1.165) is 29.7 Å². The van der Waals surface area contributed by atoms with Gasteiger partial charge in [0.2, 0.25) is 5.95 Å². The van der Waals surface area contributed by atoms with Gasteiger partial charge in [0.15, 0.2) is 0 Å². The molecule has 0 saturated carbocycles. The molecule has 1 aliphatic rings. The van der Waals surface area contributed by atoms with Crippen LogP contribution < -0.4 is 20.9 Å². The first-order chi connectivity index (χ1) is 17.8. The van der Waals surface area contributed by atoms with Gasteiger partial charge in [0, 0.05) is 24.5 Å². The molecule has 1 atom stereocenters. The molecule has 9 nitrogen and oxygen atoms in total. The third-order valence-corrected chi connectivity index (χ3v) is 8.78. The maximum Gasteiger partial charge on any atom is 0.273 e. The molecule has 0 spiro atoms. The molecule has 1 aliphatic heterocycles. The molecule has 1 fully saturated rings. The zero-order valence-electron chi connectivity index (χ0n) is 20.2. The summed E-state index contributed by atoms with van der Waals surface area (Å²) in [5.74, 6) is 0.412. The van der Waals surface area contributed by atoms with Crippen molar-refractivity contribution in [2.24, 2.45) is 5.73 Å². The molecule has 0 aliphatic carbocycles. The maximum absolute atomic E-state index is 13.8. The minimum Gasteiger partial charge on any atom is -0.341 e. The van der Waals surface area contributed by atoms with Crippen LogP contribution in [-0.2, 0) is 16.6 Å². The minimum atomic E-state index is -3.88. The number of nitriles is 1. The molecule has 0 radical (unpaired) electrons. The third-order valence-electron chi connectivity index (χ3n) is 6.44. The number of aryl methyl sites for hydroxylation is 1. The van der Waals surface area contributed by atoms with E-state index in [0.29, 0.717) is 40.4 Å². The van der Waals surface area contributed by atoms with Crippen molar-refractivity contribution >= 4 is 43.2 Å². The molecule has 0 bridgehead atoms. The second-order valence-corrected chi connectivity index (χ2v) is 11.7. The number of sulfonamides is 1. The lowest BCUT2D eigenvalue weighted by molar-refractivity contribution is 0.492. The summed E-state index contributed by atoms with van der Waals surface area (Å²) in [6, 6.07) is 15.8. The lowest BCUT2D eigenvalue weighted by Gasteiger charge is -2.33. The number of aromatic nitrogens is 2. The van der Waals surface area contributed by atoms with Gasteiger partial charge in [-0.3, -0.25) is 14.1 Å². The number of thiophene rings is 1. The molecule has 3 heterocycles. The highest BCUT2D eigenvalue weighted by Gasteiger charge is 2.26. The van der Waals surface area contributed by atoms with Gasteiger partial charge in [0.25, 0.3) is 15.6 Å². The van der Waals surface area contributed by atoms with Gasteiger partial charge in [-0.05, 0) is 43.5 Å². The minimum absolute atomic E-state index is 0.0665. The van der Waals surface area contributed by atoms with Crippen LogP contribution in [0, 0.1) is 18.3 Å². The highest BCUT2D eigenvalue weighted by molar-refractivity contribution is 7.92. The van der Waals surface area contributed by atoms with Crippen molar-refractivity contribution in [1.82, 2.24) is 9.55 Å². The summed E-state index contributed by atoms with van der Waals surface area (Å²) < 4.78 is 30.7. The number of rotatable bonds is 6. The van der Waals surface area contributed by atoms with Crippen molar-refractivity contribution in [3.8, 4) is 6.07 Å². The van der Waals surface area contributed by atoms with Crippen LogP contribution in [-0.4, -0.2) is 37.1 Å². The van der Waals surface area contributed by atoms with E-state index >= 15 is 0 Å². The molecule has 11 heteroatoms. The van der Waals surface area contributed by atoms with E-state index in [9.17, 15) is 18.5 Å².